The highest BCUT2D eigenvalue weighted by Gasteiger charge is 2.17. The molecule has 5 heteroatoms. The first kappa shape index (κ1) is 15.7. The maximum absolute atomic E-state index is 9.36. The number of para-hydroxylation sites is 2. The maximum atomic E-state index is 9.36. The number of nitrogens with zero attached hydrogens (tertiary/aromatic N) is 1. The molecule has 0 bridgehead atoms. The molecule has 0 aliphatic heterocycles. The summed E-state index contributed by atoms with van der Waals surface area (Å²) in [5, 5.41) is 18.7. The minimum absolute atomic E-state index is 0.387. The van der Waals surface area contributed by atoms with Crippen molar-refractivity contribution in [2.45, 2.75) is 4.90 Å². The molecule has 0 heterocycles. The van der Waals surface area contributed by atoms with Crippen LogP contribution < -0.4 is 10.4 Å². The zero-order chi connectivity index (χ0) is 16.2. The highest BCUT2D eigenvalue weighted by Crippen LogP contribution is 2.34. The number of anilines is 3. The Morgan fingerprint density at radius 1 is 0.696 bits per heavy atom. The molecule has 0 aliphatic carbocycles. The first-order chi connectivity index (χ1) is 11.2. The lowest BCUT2D eigenvalue weighted by molar-refractivity contribution is 0.425. The Balaban J connectivity index is 2.11. The van der Waals surface area contributed by atoms with Crippen LogP contribution in [0.15, 0.2) is 83.8 Å². The first-order valence-electron chi connectivity index (χ1n) is 7.26. The van der Waals surface area contributed by atoms with Crippen molar-refractivity contribution >= 4 is 42.3 Å². The predicted molar refractivity (Wildman–Crippen MR) is 98.2 cm³/mol. The molecule has 0 atom stereocenters. The Hall–Kier alpha value is -2.21. The zero-order valence-corrected chi connectivity index (χ0v) is 13.3. The summed E-state index contributed by atoms with van der Waals surface area (Å²) in [6.45, 7) is 0. The highest BCUT2D eigenvalue weighted by atomic mass is 32.1. The monoisotopic (exact) mass is 321 g/mol. The summed E-state index contributed by atoms with van der Waals surface area (Å²) in [6, 6.07) is 25.4. The number of benzene rings is 3. The van der Waals surface area contributed by atoms with Crippen LogP contribution in [0.1, 0.15) is 0 Å². The molecular weight excluding hydrogens is 305 g/mol. The van der Waals surface area contributed by atoms with Gasteiger partial charge in [0.1, 0.15) is 0 Å². The van der Waals surface area contributed by atoms with Gasteiger partial charge >= 0.3 is 7.12 Å². The van der Waals surface area contributed by atoms with Crippen molar-refractivity contribution < 1.29 is 10.0 Å². The van der Waals surface area contributed by atoms with E-state index in [1.807, 2.05) is 72.8 Å². The molecule has 3 aromatic carbocycles. The molecule has 2 N–H and O–H groups in total. The Kier molecular flexibility index (Phi) is 4.72. The molecule has 0 saturated carbocycles. The molecule has 3 nitrogen and oxygen atoms in total. The lowest BCUT2D eigenvalue weighted by Gasteiger charge is -2.26. The van der Waals surface area contributed by atoms with Gasteiger partial charge in [0.25, 0.3) is 0 Å². The fourth-order valence-corrected chi connectivity index (χ4v) is 2.81. The van der Waals surface area contributed by atoms with Gasteiger partial charge in [-0.25, -0.2) is 0 Å². The Labute approximate surface area is 141 Å². The third-order valence-corrected chi connectivity index (χ3v) is 3.97. The molecule has 0 aliphatic rings. The van der Waals surface area contributed by atoms with Crippen molar-refractivity contribution in [2.75, 3.05) is 4.90 Å². The van der Waals surface area contributed by atoms with Crippen LogP contribution in [0.2, 0.25) is 0 Å². The lowest BCUT2D eigenvalue weighted by atomic mass is 9.80. The smallest absolute Gasteiger partial charge is 0.423 e. The van der Waals surface area contributed by atoms with Crippen LogP contribution in [0, 0.1) is 0 Å². The van der Waals surface area contributed by atoms with Gasteiger partial charge in [0.05, 0.1) is 0 Å². The van der Waals surface area contributed by atoms with Crippen molar-refractivity contribution in [3.8, 4) is 0 Å². The van der Waals surface area contributed by atoms with Gasteiger partial charge in [0.2, 0.25) is 0 Å². The molecule has 0 radical (unpaired) electrons. The normalized spacial score (nSPS) is 10.4. The summed E-state index contributed by atoms with van der Waals surface area (Å²) in [7, 11) is -1.53. The lowest BCUT2D eigenvalue weighted by Crippen LogP contribution is -2.31. The van der Waals surface area contributed by atoms with E-state index >= 15 is 0 Å². The summed E-state index contributed by atoms with van der Waals surface area (Å²) in [5.74, 6) is 0. The van der Waals surface area contributed by atoms with E-state index in [9.17, 15) is 10.0 Å². The van der Waals surface area contributed by atoms with E-state index in [0.717, 1.165) is 17.1 Å². The van der Waals surface area contributed by atoms with Crippen LogP contribution in [-0.4, -0.2) is 17.2 Å². The molecule has 0 spiro atoms. The third-order valence-electron chi connectivity index (χ3n) is 3.58. The molecule has 0 amide bonds. The quantitative estimate of drug-likeness (QED) is 0.511. The van der Waals surface area contributed by atoms with E-state index in [-0.39, 0.29) is 0 Å². The predicted octanol–water partition coefficient (Wildman–Crippen LogP) is 3.12. The van der Waals surface area contributed by atoms with E-state index in [0.29, 0.717) is 10.4 Å². The molecule has 0 saturated heterocycles. The average molecular weight is 321 g/mol. The number of hydrogen-bond donors (Lipinski definition) is 3. The van der Waals surface area contributed by atoms with Crippen LogP contribution in [0.25, 0.3) is 0 Å². The summed E-state index contributed by atoms with van der Waals surface area (Å²) in [6.07, 6.45) is 0. The van der Waals surface area contributed by atoms with Crippen LogP contribution >= 0.6 is 12.6 Å². The summed E-state index contributed by atoms with van der Waals surface area (Å²) >= 11 is 4.38. The summed E-state index contributed by atoms with van der Waals surface area (Å²) < 4.78 is 0. The van der Waals surface area contributed by atoms with E-state index in [4.69, 9.17) is 0 Å². The van der Waals surface area contributed by atoms with Gasteiger partial charge in [-0.2, -0.15) is 0 Å². The molecule has 23 heavy (non-hydrogen) atoms. The van der Waals surface area contributed by atoms with Gasteiger partial charge in [0.15, 0.2) is 0 Å². The topological polar surface area (TPSA) is 43.7 Å². The fraction of sp³-hybridized carbons (Fsp3) is 0. The van der Waals surface area contributed by atoms with Gasteiger partial charge in [-0.05, 0) is 41.9 Å². The van der Waals surface area contributed by atoms with Crippen molar-refractivity contribution in [2.24, 2.45) is 0 Å². The van der Waals surface area contributed by atoms with Gasteiger partial charge in [-0.3, -0.25) is 0 Å². The van der Waals surface area contributed by atoms with E-state index in [2.05, 4.69) is 17.5 Å². The average Bonchev–Trinajstić information content (AvgIpc) is 2.57. The summed E-state index contributed by atoms with van der Waals surface area (Å²) in [5.41, 5.74) is 3.32. The van der Waals surface area contributed by atoms with Gasteiger partial charge in [-0.1, -0.05) is 42.5 Å². The molecule has 114 valence electrons. The second-order valence-corrected chi connectivity index (χ2v) is 5.61. The fourth-order valence-electron chi connectivity index (χ4n) is 2.49. The summed E-state index contributed by atoms with van der Waals surface area (Å²) in [4.78, 5) is 2.63. The minimum atomic E-state index is -1.53. The van der Waals surface area contributed by atoms with Gasteiger partial charge < -0.3 is 14.9 Å². The van der Waals surface area contributed by atoms with Crippen molar-refractivity contribution in [1.29, 1.82) is 0 Å². The standard InChI is InChI=1S/C18H16BNO2S/c21-19(22)17-12-11-16(13-18(17)23)20(14-7-3-1-4-8-14)15-9-5-2-6-10-15/h1-13,21-23H. The van der Waals surface area contributed by atoms with E-state index in [1.54, 1.807) is 6.07 Å². The zero-order valence-electron chi connectivity index (χ0n) is 12.4. The SMILES string of the molecule is OB(O)c1ccc(N(c2ccccc2)c2ccccc2)cc1S. The van der Waals surface area contributed by atoms with Crippen molar-refractivity contribution in [3.63, 3.8) is 0 Å². The van der Waals surface area contributed by atoms with Gasteiger partial charge in [0, 0.05) is 22.0 Å². The Morgan fingerprint density at radius 2 is 1.22 bits per heavy atom. The van der Waals surface area contributed by atoms with Crippen molar-refractivity contribution in [3.05, 3.63) is 78.9 Å². The van der Waals surface area contributed by atoms with Crippen molar-refractivity contribution in [1.82, 2.24) is 0 Å². The van der Waals surface area contributed by atoms with Crippen LogP contribution in [-0.2, 0) is 0 Å². The first-order valence-corrected chi connectivity index (χ1v) is 7.71. The number of hydrogen-bond acceptors (Lipinski definition) is 4. The Morgan fingerprint density at radius 3 is 1.65 bits per heavy atom. The molecule has 0 fully saturated rings. The minimum Gasteiger partial charge on any atom is -0.423 e. The van der Waals surface area contributed by atoms with Crippen LogP contribution in [0.4, 0.5) is 17.1 Å². The Bertz CT molecular complexity index is 742. The molecule has 3 rings (SSSR count). The molecule has 0 unspecified atom stereocenters. The second-order valence-electron chi connectivity index (χ2n) is 5.12. The maximum Gasteiger partial charge on any atom is 0.489 e. The van der Waals surface area contributed by atoms with Crippen LogP contribution in [0.3, 0.4) is 0 Å². The van der Waals surface area contributed by atoms with E-state index in [1.165, 1.54) is 0 Å². The number of rotatable bonds is 4. The molecule has 3 aromatic rings. The van der Waals surface area contributed by atoms with Gasteiger partial charge in [-0.15, -0.1) is 12.6 Å². The largest absolute Gasteiger partial charge is 0.489 e. The number of thiol groups is 1. The molecule has 0 aromatic heterocycles. The highest BCUT2D eigenvalue weighted by molar-refractivity contribution is 7.80. The van der Waals surface area contributed by atoms with E-state index < -0.39 is 7.12 Å². The molecular formula is C18H16BNO2S. The second kappa shape index (κ2) is 6.92. The third kappa shape index (κ3) is 3.42. The van der Waals surface area contributed by atoms with Crippen LogP contribution in [0.5, 0.6) is 0 Å².